The number of Topliss-reactive ketones (excluding diaryl/α,β-unsaturated/α-hetero) is 1. The third-order valence-electron chi connectivity index (χ3n) is 8.23. The van der Waals surface area contributed by atoms with E-state index in [2.05, 4.69) is 59.1 Å². The highest BCUT2D eigenvalue weighted by molar-refractivity contribution is 6.09. The zero-order valence-corrected chi connectivity index (χ0v) is 23.7. The number of H-pyrrole nitrogens is 1. The summed E-state index contributed by atoms with van der Waals surface area (Å²) >= 11 is 0. The summed E-state index contributed by atoms with van der Waals surface area (Å²) in [7, 11) is 0. The van der Waals surface area contributed by atoms with E-state index in [0.717, 1.165) is 69.7 Å². The molecule has 5 aromatic rings. The van der Waals surface area contributed by atoms with E-state index in [4.69, 9.17) is 0 Å². The minimum atomic E-state index is -0.227. The molecular weight excluding hydrogens is 515 g/mol. The summed E-state index contributed by atoms with van der Waals surface area (Å²) in [6.45, 7) is 6.32. The number of nitrogens with zero attached hydrogens (tertiary/aromatic N) is 2. The highest BCUT2D eigenvalue weighted by atomic mass is 19.1. The Kier molecular flexibility index (Phi) is 7.20. The Bertz CT molecular complexity index is 1760. The summed E-state index contributed by atoms with van der Waals surface area (Å²) in [5.41, 5.74) is 5.59. The van der Waals surface area contributed by atoms with Crippen LogP contribution in [0.25, 0.3) is 32.9 Å². The van der Waals surface area contributed by atoms with Gasteiger partial charge in [0.2, 0.25) is 5.91 Å². The number of anilines is 1. The molecule has 0 spiro atoms. The molecule has 1 fully saturated rings. The number of hydrogen-bond donors (Lipinski definition) is 2. The fourth-order valence-corrected chi connectivity index (χ4v) is 5.63. The van der Waals surface area contributed by atoms with Crippen LogP contribution in [0, 0.1) is 11.7 Å². The maximum Gasteiger partial charge on any atom is 0.228 e. The standard InChI is InChI=1S/C34H35FN4O2/c1-20(2)39-19-29(32(40)9-4-6-21(3)23-7-5-8-26(35)16-23)28-17-24(13-15-31(28)39)25-12-14-27-30(18-25)37-38-33(27)36-34(41)22-10-11-22/h5,7-8,12-22H,4,6,9-11H2,1-3H3,(H2,36,37,38,41)/t21-/m1/s1. The third-order valence-corrected chi connectivity index (χ3v) is 8.23. The molecule has 1 aliphatic rings. The number of nitrogens with one attached hydrogen (secondary N) is 2. The molecule has 1 amide bonds. The van der Waals surface area contributed by atoms with Crippen LogP contribution in [0.1, 0.15) is 80.8 Å². The van der Waals surface area contributed by atoms with E-state index >= 15 is 0 Å². The molecule has 6 nitrogen and oxygen atoms in total. The molecule has 0 saturated heterocycles. The van der Waals surface area contributed by atoms with Gasteiger partial charge in [0.15, 0.2) is 11.6 Å². The number of carbonyl (C=O) groups excluding carboxylic acids is 2. The van der Waals surface area contributed by atoms with Gasteiger partial charge in [0, 0.05) is 46.4 Å². The molecule has 1 atom stereocenters. The first-order valence-corrected chi connectivity index (χ1v) is 14.5. The summed E-state index contributed by atoms with van der Waals surface area (Å²) in [5.74, 6) is 0.783. The summed E-state index contributed by atoms with van der Waals surface area (Å²) in [4.78, 5) is 25.7. The molecule has 1 saturated carbocycles. The number of rotatable bonds is 10. The van der Waals surface area contributed by atoms with Crippen molar-refractivity contribution in [2.24, 2.45) is 5.92 Å². The number of halogens is 1. The van der Waals surface area contributed by atoms with Crippen molar-refractivity contribution >= 4 is 39.3 Å². The van der Waals surface area contributed by atoms with Gasteiger partial charge in [-0.2, -0.15) is 5.10 Å². The van der Waals surface area contributed by atoms with Crippen LogP contribution in [0.3, 0.4) is 0 Å². The lowest BCUT2D eigenvalue weighted by molar-refractivity contribution is -0.117. The Morgan fingerprint density at radius 3 is 2.56 bits per heavy atom. The van der Waals surface area contributed by atoms with Crippen molar-refractivity contribution in [3.05, 3.63) is 83.8 Å². The molecule has 0 unspecified atom stereocenters. The van der Waals surface area contributed by atoms with E-state index in [1.807, 2.05) is 30.5 Å². The van der Waals surface area contributed by atoms with E-state index in [1.165, 1.54) is 6.07 Å². The van der Waals surface area contributed by atoms with Gasteiger partial charge in [0.1, 0.15) is 5.82 Å². The molecule has 7 heteroatoms. The van der Waals surface area contributed by atoms with Gasteiger partial charge in [-0.15, -0.1) is 0 Å². The third kappa shape index (κ3) is 5.53. The highest BCUT2D eigenvalue weighted by Gasteiger charge is 2.30. The first-order chi connectivity index (χ1) is 19.8. The molecule has 1 aliphatic carbocycles. The fraction of sp³-hybridized carbons (Fsp3) is 0.324. The smallest absolute Gasteiger partial charge is 0.228 e. The van der Waals surface area contributed by atoms with Crippen LogP contribution in [0.2, 0.25) is 0 Å². The molecular formula is C34H35FN4O2. The second-order valence-corrected chi connectivity index (χ2v) is 11.6. The van der Waals surface area contributed by atoms with Crippen molar-refractivity contribution in [1.29, 1.82) is 0 Å². The molecule has 2 heterocycles. The minimum Gasteiger partial charge on any atom is -0.344 e. The summed E-state index contributed by atoms with van der Waals surface area (Å²) in [6.07, 6.45) is 5.87. The van der Waals surface area contributed by atoms with Crippen LogP contribution >= 0.6 is 0 Å². The molecule has 3 aromatic carbocycles. The summed E-state index contributed by atoms with van der Waals surface area (Å²) in [5, 5.41) is 12.1. The van der Waals surface area contributed by atoms with Crippen molar-refractivity contribution in [2.75, 3.05) is 5.32 Å². The van der Waals surface area contributed by atoms with Crippen LogP contribution in [0.4, 0.5) is 10.2 Å². The number of ketones is 1. The maximum atomic E-state index is 13.6. The average Bonchev–Trinajstić information content (AvgIpc) is 3.64. The van der Waals surface area contributed by atoms with Gasteiger partial charge in [-0.3, -0.25) is 14.7 Å². The normalized spacial score (nSPS) is 14.2. The largest absolute Gasteiger partial charge is 0.344 e. The molecule has 2 N–H and O–H groups in total. The van der Waals surface area contributed by atoms with Crippen LogP contribution < -0.4 is 5.32 Å². The quantitative estimate of drug-likeness (QED) is 0.171. The first kappa shape index (κ1) is 26.9. The van der Waals surface area contributed by atoms with Gasteiger partial charge in [-0.1, -0.05) is 31.2 Å². The topological polar surface area (TPSA) is 79.8 Å². The van der Waals surface area contributed by atoms with Crippen molar-refractivity contribution in [3.63, 3.8) is 0 Å². The number of hydrogen-bond acceptors (Lipinski definition) is 3. The van der Waals surface area contributed by atoms with Gasteiger partial charge < -0.3 is 9.88 Å². The Hall–Kier alpha value is -4.26. The summed E-state index contributed by atoms with van der Waals surface area (Å²) in [6, 6.07) is 19.2. The lowest BCUT2D eigenvalue weighted by atomic mass is 9.93. The van der Waals surface area contributed by atoms with Crippen molar-refractivity contribution < 1.29 is 14.0 Å². The number of aromatic amines is 1. The van der Waals surface area contributed by atoms with E-state index in [9.17, 15) is 14.0 Å². The number of amides is 1. The number of carbonyl (C=O) groups is 2. The minimum absolute atomic E-state index is 0.0307. The monoisotopic (exact) mass is 550 g/mol. The lowest BCUT2D eigenvalue weighted by Gasteiger charge is -2.11. The number of fused-ring (bicyclic) bond motifs is 2. The lowest BCUT2D eigenvalue weighted by Crippen LogP contribution is -2.13. The predicted octanol–water partition coefficient (Wildman–Crippen LogP) is 8.41. The summed E-state index contributed by atoms with van der Waals surface area (Å²) < 4.78 is 15.8. The second kappa shape index (κ2) is 11.0. The zero-order chi connectivity index (χ0) is 28.7. The zero-order valence-electron chi connectivity index (χ0n) is 23.7. The van der Waals surface area contributed by atoms with E-state index in [1.54, 1.807) is 12.1 Å². The second-order valence-electron chi connectivity index (χ2n) is 11.6. The first-order valence-electron chi connectivity index (χ1n) is 14.5. The van der Waals surface area contributed by atoms with E-state index < -0.39 is 0 Å². The van der Waals surface area contributed by atoms with Gasteiger partial charge in [-0.05, 0) is 98.5 Å². The Labute approximate surface area is 239 Å². The van der Waals surface area contributed by atoms with E-state index in [0.29, 0.717) is 12.2 Å². The SMILES string of the molecule is CC(C)n1cc(C(=O)CCC[C@@H](C)c2cccc(F)c2)c2cc(-c3ccc4c(NC(=O)C5CC5)n[nH]c4c3)ccc21. The van der Waals surface area contributed by atoms with Gasteiger partial charge >= 0.3 is 0 Å². The molecule has 41 heavy (non-hydrogen) atoms. The highest BCUT2D eigenvalue weighted by Crippen LogP contribution is 2.34. The predicted molar refractivity (Wildman–Crippen MR) is 162 cm³/mol. The van der Waals surface area contributed by atoms with Crippen LogP contribution in [0.5, 0.6) is 0 Å². The fourth-order valence-electron chi connectivity index (χ4n) is 5.63. The van der Waals surface area contributed by atoms with Gasteiger partial charge in [-0.25, -0.2) is 4.39 Å². The van der Waals surface area contributed by atoms with Gasteiger partial charge in [0.05, 0.1) is 5.52 Å². The van der Waals surface area contributed by atoms with Crippen molar-refractivity contribution in [1.82, 2.24) is 14.8 Å². The molecule has 0 bridgehead atoms. The van der Waals surface area contributed by atoms with Crippen LogP contribution in [0.15, 0.2) is 66.9 Å². The molecule has 0 radical (unpaired) electrons. The van der Waals surface area contributed by atoms with Gasteiger partial charge in [0.25, 0.3) is 0 Å². The molecule has 0 aliphatic heterocycles. The van der Waals surface area contributed by atoms with Crippen molar-refractivity contribution in [2.45, 2.75) is 64.8 Å². The number of aromatic nitrogens is 3. The maximum absolute atomic E-state index is 13.6. The van der Waals surface area contributed by atoms with Crippen LogP contribution in [-0.2, 0) is 4.79 Å². The van der Waals surface area contributed by atoms with Crippen molar-refractivity contribution in [3.8, 4) is 11.1 Å². The Morgan fingerprint density at radius 1 is 1.02 bits per heavy atom. The Morgan fingerprint density at radius 2 is 1.80 bits per heavy atom. The van der Waals surface area contributed by atoms with Crippen LogP contribution in [-0.4, -0.2) is 26.5 Å². The average molecular weight is 551 g/mol. The Balaban J connectivity index is 1.24. The number of benzene rings is 3. The van der Waals surface area contributed by atoms with E-state index in [-0.39, 0.29) is 35.4 Å². The molecule has 6 rings (SSSR count). The molecule has 2 aromatic heterocycles. The molecule has 210 valence electrons.